The van der Waals surface area contributed by atoms with Crippen LogP contribution in [0.25, 0.3) is 0 Å². The van der Waals surface area contributed by atoms with Gasteiger partial charge in [-0.15, -0.1) is 0 Å². The molecule has 2 N–H and O–H groups in total. The largest absolute Gasteiger partial charge is 0.465 e. The zero-order chi connectivity index (χ0) is 21.0. The topological polar surface area (TPSA) is 76.7 Å². The van der Waals surface area contributed by atoms with Crippen molar-refractivity contribution in [2.45, 2.75) is 18.9 Å². The molecule has 2 aromatic carbocycles. The number of hydrogen-bond acceptors (Lipinski definition) is 5. The summed E-state index contributed by atoms with van der Waals surface area (Å²) in [7, 11) is 1.28. The fourth-order valence-electron chi connectivity index (χ4n) is 2.78. The van der Waals surface area contributed by atoms with Crippen molar-refractivity contribution in [3.05, 3.63) is 57.6 Å². The summed E-state index contributed by atoms with van der Waals surface area (Å²) < 4.78 is 37.7. The van der Waals surface area contributed by atoms with E-state index < -0.39 is 23.5 Å². The first-order chi connectivity index (χ1) is 13.9. The van der Waals surface area contributed by atoms with Crippen LogP contribution in [-0.2, 0) is 20.7 Å². The number of methoxy groups -OCH3 is 1. The summed E-state index contributed by atoms with van der Waals surface area (Å²) >= 11 is 2.90. The Labute approximate surface area is 174 Å². The standard InChI is InChI=1S/C20H19BrF2N2O4/c1-28-20(27)11-2-3-17(18(7-11)24-10-13-4-5-29-13)25-19(26)8-12-6-16(23)14(21)9-15(12)22/h2-3,6-7,9,13,24H,4-5,8,10H2,1H3,(H,25,26). The Morgan fingerprint density at radius 3 is 2.62 bits per heavy atom. The van der Waals surface area contributed by atoms with E-state index in [-0.39, 0.29) is 22.6 Å². The average Bonchev–Trinajstić information content (AvgIpc) is 2.65. The van der Waals surface area contributed by atoms with Crippen LogP contribution in [0.3, 0.4) is 0 Å². The van der Waals surface area contributed by atoms with Crippen molar-refractivity contribution in [2.75, 3.05) is 30.9 Å². The molecule has 1 unspecified atom stereocenters. The van der Waals surface area contributed by atoms with Crippen LogP contribution in [0.2, 0.25) is 0 Å². The van der Waals surface area contributed by atoms with Crippen molar-refractivity contribution in [3.8, 4) is 0 Å². The minimum atomic E-state index is -0.685. The lowest BCUT2D eigenvalue weighted by Crippen LogP contribution is -2.33. The Bertz CT molecular complexity index is 935. The molecule has 1 aliphatic rings. The van der Waals surface area contributed by atoms with E-state index in [1.165, 1.54) is 13.2 Å². The Morgan fingerprint density at radius 2 is 1.97 bits per heavy atom. The molecule has 1 aliphatic heterocycles. The van der Waals surface area contributed by atoms with Gasteiger partial charge in [0.2, 0.25) is 5.91 Å². The first kappa shape index (κ1) is 21.2. The van der Waals surface area contributed by atoms with Gasteiger partial charge in [-0.1, -0.05) is 0 Å². The van der Waals surface area contributed by atoms with Gasteiger partial charge in [-0.3, -0.25) is 4.79 Å². The highest BCUT2D eigenvalue weighted by Gasteiger charge is 2.19. The second-order valence-electron chi connectivity index (χ2n) is 6.50. The van der Waals surface area contributed by atoms with Crippen molar-refractivity contribution in [2.24, 2.45) is 0 Å². The summed E-state index contributed by atoms with van der Waals surface area (Å²) in [6, 6.07) is 6.57. The van der Waals surface area contributed by atoms with Crippen molar-refractivity contribution < 1.29 is 27.8 Å². The van der Waals surface area contributed by atoms with Crippen LogP contribution in [-0.4, -0.2) is 38.2 Å². The van der Waals surface area contributed by atoms with Crippen molar-refractivity contribution >= 4 is 39.2 Å². The van der Waals surface area contributed by atoms with Gasteiger partial charge in [-0.05, 0) is 52.7 Å². The van der Waals surface area contributed by atoms with E-state index in [9.17, 15) is 18.4 Å². The van der Waals surface area contributed by atoms with Gasteiger partial charge in [0.15, 0.2) is 0 Å². The third-order valence-corrected chi connectivity index (χ3v) is 5.08. The van der Waals surface area contributed by atoms with Gasteiger partial charge in [-0.25, -0.2) is 13.6 Å². The second-order valence-corrected chi connectivity index (χ2v) is 7.35. The monoisotopic (exact) mass is 468 g/mol. The molecule has 0 bridgehead atoms. The van der Waals surface area contributed by atoms with Crippen LogP contribution in [0.15, 0.2) is 34.8 Å². The fraction of sp³-hybridized carbons (Fsp3) is 0.300. The second kappa shape index (κ2) is 9.32. The number of ether oxygens (including phenoxy) is 2. The summed E-state index contributed by atoms with van der Waals surface area (Å²) in [6.45, 7) is 1.20. The molecule has 0 aromatic heterocycles. The molecule has 2 aromatic rings. The summed E-state index contributed by atoms with van der Waals surface area (Å²) in [5, 5.41) is 5.81. The Kier molecular flexibility index (Phi) is 6.81. The molecule has 0 radical (unpaired) electrons. The van der Waals surface area contributed by atoms with Crippen molar-refractivity contribution in [3.63, 3.8) is 0 Å². The number of nitrogens with one attached hydrogen (secondary N) is 2. The summed E-state index contributed by atoms with van der Waals surface area (Å²) in [6.07, 6.45) is 0.625. The number of amides is 1. The lowest BCUT2D eigenvalue weighted by atomic mass is 10.1. The normalized spacial score (nSPS) is 15.4. The molecule has 154 valence electrons. The molecule has 1 fully saturated rings. The highest BCUT2D eigenvalue weighted by molar-refractivity contribution is 9.10. The van der Waals surface area contributed by atoms with Gasteiger partial charge in [0, 0.05) is 18.7 Å². The van der Waals surface area contributed by atoms with E-state index in [0.29, 0.717) is 30.1 Å². The quantitative estimate of drug-likeness (QED) is 0.476. The molecule has 1 atom stereocenters. The number of esters is 1. The lowest BCUT2D eigenvalue weighted by Gasteiger charge is -2.27. The SMILES string of the molecule is COC(=O)c1ccc(NC(=O)Cc2cc(F)c(Br)cc2F)c(NCC2CCO2)c1. The minimum Gasteiger partial charge on any atom is -0.465 e. The number of hydrogen-bond donors (Lipinski definition) is 2. The molecular formula is C20H19BrF2N2O4. The van der Waals surface area contributed by atoms with E-state index in [0.717, 1.165) is 18.6 Å². The molecule has 9 heteroatoms. The molecule has 0 aliphatic carbocycles. The van der Waals surface area contributed by atoms with Crippen LogP contribution in [0.5, 0.6) is 0 Å². The zero-order valence-corrected chi connectivity index (χ0v) is 17.1. The first-order valence-electron chi connectivity index (χ1n) is 8.88. The maximum atomic E-state index is 14.0. The highest BCUT2D eigenvalue weighted by atomic mass is 79.9. The summed E-state index contributed by atoms with van der Waals surface area (Å²) in [5.41, 5.74) is 1.15. The van der Waals surface area contributed by atoms with Gasteiger partial charge in [0.25, 0.3) is 0 Å². The van der Waals surface area contributed by atoms with Gasteiger partial charge >= 0.3 is 5.97 Å². The van der Waals surface area contributed by atoms with E-state index in [2.05, 4.69) is 26.6 Å². The van der Waals surface area contributed by atoms with Crippen LogP contribution in [0.4, 0.5) is 20.2 Å². The number of benzene rings is 2. The Morgan fingerprint density at radius 1 is 1.21 bits per heavy atom. The van der Waals surface area contributed by atoms with E-state index in [1.807, 2.05) is 0 Å². The summed E-state index contributed by atoms with van der Waals surface area (Å²) in [4.78, 5) is 24.2. The molecule has 0 spiro atoms. The smallest absolute Gasteiger partial charge is 0.337 e. The molecule has 1 heterocycles. The predicted molar refractivity (Wildman–Crippen MR) is 107 cm³/mol. The van der Waals surface area contributed by atoms with Gasteiger partial charge in [0.05, 0.1) is 41.0 Å². The third-order valence-electron chi connectivity index (χ3n) is 4.47. The van der Waals surface area contributed by atoms with Crippen molar-refractivity contribution in [1.29, 1.82) is 0 Å². The molecule has 3 rings (SSSR count). The Balaban J connectivity index is 1.76. The maximum Gasteiger partial charge on any atom is 0.337 e. The highest BCUT2D eigenvalue weighted by Crippen LogP contribution is 2.26. The molecule has 29 heavy (non-hydrogen) atoms. The van der Waals surface area contributed by atoms with E-state index in [4.69, 9.17) is 9.47 Å². The number of anilines is 2. The number of carbonyl (C=O) groups excluding carboxylic acids is 2. The minimum absolute atomic E-state index is 0.0118. The molecule has 1 amide bonds. The molecule has 0 saturated carbocycles. The molecular weight excluding hydrogens is 450 g/mol. The molecule has 1 saturated heterocycles. The first-order valence-corrected chi connectivity index (χ1v) is 9.67. The number of carbonyl (C=O) groups is 2. The van der Waals surface area contributed by atoms with E-state index >= 15 is 0 Å². The Hall–Kier alpha value is -2.52. The van der Waals surface area contributed by atoms with Gasteiger partial charge in [0.1, 0.15) is 11.6 Å². The summed E-state index contributed by atoms with van der Waals surface area (Å²) in [5.74, 6) is -2.38. The third kappa shape index (κ3) is 5.30. The maximum absolute atomic E-state index is 14.0. The zero-order valence-electron chi connectivity index (χ0n) is 15.6. The van der Waals surface area contributed by atoms with Crippen LogP contribution in [0.1, 0.15) is 22.3 Å². The molecule has 6 nitrogen and oxygen atoms in total. The van der Waals surface area contributed by atoms with E-state index in [1.54, 1.807) is 12.1 Å². The van der Waals surface area contributed by atoms with Gasteiger partial charge < -0.3 is 20.1 Å². The lowest BCUT2D eigenvalue weighted by molar-refractivity contribution is -0.115. The van der Waals surface area contributed by atoms with Crippen LogP contribution < -0.4 is 10.6 Å². The average molecular weight is 469 g/mol. The fourth-order valence-corrected chi connectivity index (χ4v) is 3.10. The number of rotatable bonds is 7. The van der Waals surface area contributed by atoms with Gasteiger partial charge in [-0.2, -0.15) is 0 Å². The van der Waals surface area contributed by atoms with Crippen LogP contribution >= 0.6 is 15.9 Å². The number of halogens is 3. The van der Waals surface area contributed by atoms with Crippen LogP contribution in [0, 0.1) is 11.6 Å². The van der Waals surface area contributed by atoms with Crippen molar-refractivity contribution in [1.82, 2.24) is 0 Å². The predicted octanol–water partition coefficient (Wildman–Crippen LogP) is 3.90.